The molecule has 8 heteroatoms. The minimum Gasteiger partial charge on any atom is -0.497 e. The molecule has 2 aromatic rings. The zero-order valence-electron chi connectivity index (χ0n) is 14.2. The number of nitrogens with zero attached hydrogens (tertiary/aromatic N) is 1. The van der Waals surface area contributed by atoms with E-state index in [2.05, 4.69) is 15.6 Å². The third-order valence-corrected chi connectivity index (χ3v) is 4.79. The molecule has 1 amide bonds. The number of anilines is 1. The minimum absolute atomic E-state index is 0. The molecule has 0 spiro atoms. The molecule has 0 saturated carbocycles. The molecule has 1 aliphatic heterocycles. The van der Waals surface area contributed by atoms with Crippen molar-refractivity contribution in [3.8, 4) is 22.8 Å². The maximum Gasteiger partial charge on any atom is 0.227 e. The third kappa shape index (κ3) is 4.84. The quantitative estimate of drug-likeness (QED) is 0.800. The molecule has 3 rings (SSSR count). The van der Waals surface area contributed by atoms with Gasteiger partial charge in [-0.3, -0.25) is 4.79 Å². The van der Waals surface area contributed by atoms with E-state index in [1.54, 1.807) is 14.2 Å². The van der Waals surface area contributed by atoms with Gasteiger partial charge in [-0.05, 0) is 37.6 Å². The van der Waals surface area contributed by atoms with Crippen LogP contribution in [0.3, 0.4) is 0 Å². The highest BCUT2D eigenvalue weighted by Gasteiger charge is 2.19. The average Bonchev–Trinajstić information content (AvgIpc) is 3.26. The predicted molar refractivity (Wildman–Crippen MR) is 102 cm³/mol. The summed E-state index contributed by atoms with van der Waals surface area (Å²) in [5, 5.41) is 8.70. The minimum atomic E-state index is -0.00657. The molecule has 136 valence electrons. The summed E-state index contributed by atoms with van der Waals surface area (Å²) in [6, 6.07) is 5.84. The lowest BCUT2D eigenvalue weighted by atomic mass is 10.1. The SMILES string of the molecule is COc1ccc(OC)c(-c2csc(NC(=O)CC3CCCN3)n2)c1.Cl. The van der Waals surface area contributed by atoms with E-state index in [-0.39, 0.29) is 24.4 Å². The Morgan fingerprint density at radius 1 is 1.40 bits per heavy atom. The normalized spacial score (nSPS) is 16.2. The van der Waals surface area contributed by atoms with Crippen LogP contribution in [-0.4, -0.2) is 37.7 Å². The molecule has 25 heavy (non-hydrogen) atoms. The second-order valence-electron chi connectivity index (χ2n) is 5.65. The van der Waals surface area contributed by atoms with Crippen LogP contribution in [0.4, 0.5) is 5.13 Å². The van der Waals surface area contributed by atoms with Gasteiger partial charge < -0.3 is 20.1 Å². The topological polar surface area (TPSA) is 72.5 Å². The predicted octanol–water partition coefficient (Wildman–Crippen LogP) is 3.33. The molecule has 1 fully saturated rings. The zero-order valence-corrected chi connectivity index (χ0v) is 15.8. The highest BCUT2D eigenvalue weighted by atomic mass is 35.5. The molecule has 1 atom stereocenters. The van der Waals surface area contributed by atoms with Crippen molar-refractivity contribution >= 4 is 34.8 Å². The molecular weight excluding hydrogens is 362 g/mol. The maximum absolute atomic E-state index is 12.1. The molecule has 1 unspecified atom stereocenters. The van der Waals surface area contributed by atoms with Gasteiger partial charge >= 0.3 is 0 Å². The van der Waals surface area contributed by atoms with Gasteiger partial charge in [-0.25, -0.2) is 4.98 Å². The van der Waals surface area contributed by atoms with Crippen LogP contribution < -0.4 is 20.1 Å². The van der Waals surface area contributed by atoms with Gasteiger partial charge in [0, 0.05) is 23.4 Å². The standard InChI is InChI=1S/C17H21N3O3S.ClH/c1-22-12-5-6-15(23-2)13(9-12)14-10-24-17(19-14)20-16(21)8-11-4-3-7-18-11;/h5-6,9-11,18H,3-4,7-8H2,1-2H3,(H,19,20,21);1H. The van der Waals surface area contributed by atoms with Crippen LogP contribution in [0.15, 0.2) is 23.6 Å². The fourth-order valence-electron chi connectivity index (χ4n) is 2.79. The van der Waals surface area contributed by atoms with Gasteiger partial charge in [0.2, 0.25) is 5.91 Å². The molecule has 2 N–H and O–H groups in total. The van der Waals surface area contributed by atoms with Crippen molar-refractivity contribution in [1.82, 2.24) is 10.3 Å². The second kappa shape index (κ2) is 9.03. The van der Waals surface area contributed by atoms with Gasteiger partial charge in [-0.2, -0.15) is 0 Å². The number of rotatable bonds is 6. The average molecular weight is 384 g/mol. The molecule has 1 aromatic heterocycles. The van der Waals surface area contributed by atoms with Crippen LogP contribution in [0.2, 0.25) is 0 Å². The van der Waals surface area contributed by atoms with Crippen molar-refractivity contribution in [3.05, 3.63) is 23.6 Å². The molecule has 1 aromatic carbocycles. The van der Waals surface area contributed by atoms with Gasteiger partial charge in [0.1, 0.15) is 11.5 Å². The molecular formula is C17H22ClN3O3S. The second-order valence-corrected chi connectivity index (χ2v) is 6.51. The van der Waals surface area contributed by atoms with Crippen molar-refractivity contribution in [2.45, 2.75) is 25.3 Å². The van der Waals surface area contributed by atoms with Gasteiger partial charge in [-0.15, -0.1) is 23.7 Å². The van der Waals surface area contributed by atoms with E-state index >= 15 is 0 Å². The fourth-order valence-corrected chi connectivity index (χ4v) is 3.52. The first kappa shape index (κ1) is 19.5. The van der Waals surface area contributed by atoms with Crippen LogP contribution in [0.25, 0.3) is 11.3 Å². The summed E-state index contributed by atoms with van der Waals surface area (Å²) in [6.45, 7) is 0.995. The Hall–Kier alpha value is -1.83. The Bertz CT molecular complexity index is 717. The summed E-state index contributed by atoms with van der Waals surface area (Å²) in [6.07, 6.45) is 2.67. The highest BCUT2D eigenvalue weighted by molar-refractivity contribution is 7.14. The van der Waals surface area contributed by atoms with Crippen LogP contribution in [-0.2, 0) is 4.79 Å². The number of methoxy groups -OCH3 is 2. The fraction of sp³-hybridized carbons (Fsp3) is 0.412. The number of hydrogen-bond donors (Lipinski definition) is 2. The van der Waals surface area contributed by atoms with E-state index in [0.717, 1.165) is 36.4 Å². The van der Waals surface area contributed by atoms with Crippen molar-refractivity contribution in [2.75, 3.05) is 26.1 Å². The number of carbonyl (C=O) groups is 1. The van der Waals surface area contributed by atoms with Crippen molar-refractivity contribution in [2.24, 2.45) is 0 Å². The van der Waals surface area contributed by atoms with Crippen LogP contribution in [0.1, 0.15) is 19.3 Å². The van der Waals surface area contributed by atoms with E-state index in [1.807, 2.05) is 23.6 Å². The number of aromatic nitrogens is 1. The number of nitrogens with one attached hydrogen (secondary N) is 2. The Morgan fingerprint density at radius 2 is 2.24 bits per heavy atom. The van der Waals surface area contributed by atoms with E-state index in [0.29, 0.717) is 17.3 Å². The number of benzene rings is 1. The summed E-state index contributed by atoms with van der Waals surface area (Å²) in [4.78, 5) is 16.6. The smallest absolute Gasteiger partial charge is 0.227 e. The Kier molecular flexibility index (Phi) is 7.04. The number of amides is 1. The van der Waals surface area contributed by atoms with Crippen LogP contribution in [0.5, 0.6) is 11.5 Å². The van der Waals surface area contributed by atoms with E-state index in [1.165, 1.54) is 11.3 Å². The number of hydrogen-bond acceptors (Lipinski definition) is 6. The van der Waals surface area contributed by atoms with Crippen molar-refractivity contribution in [1.29, 1.82) is 0 Å². The van der Waals surface area contributed by atoms with Crippen LogP contribution in [0, 0.1) is 0 Å². The zero-order chi connectivity index (χ0) is 16.9. The molecule has 0 aliphatic carbocycles. The molecule has 1 aliphatic rings. The molecule has 6 nitrogen and oxygen atoms in total. The van der Waals surface area contributed by atoms with Crippen molar-refractivity contribution in [3.63, 3.8) is 0 Å². The lowest BCUT2D eigenvalue weighted by Gasteiger charge is -2.09. The largest absolute Gasteiger partial charge is 0.497 e. The molecule has 0 radical (unpaired) electrons. The Labute approximate surface area is 157 Å². The van der Waals surface area contributed by atoms with Gasteiger partial charge in [0.15, 0.2) is 5.13 Å². The Balaban J connectivity index is 0.00000225. The first-order chi connectivity index (χ1) is 11.7. The van der Waals surface area contributed by atoms with Gasteiger partial charge in [-0.1, -0.05) is 0 Å². The van der Waals surface area contributed by atoms with Gasteiger partial charge in [0.05, 0.1) is 19.9 Å². The summed E-state index contributed by atoms with van der Waals surface area (Å²) >= 11 is 1.40. The maximum atomic E-state index is 12.1. The highest BCUT2D eigenvalue weighted by Crippen LogP contribution is 2.35. The lowest BCUT2D eigenvalue weighted by Crippen LogP contribution is -2.27. The summed E-state index contributed by atoms with van der Waals surface area (Å²) in [5.74, 6) is 1.44. The van der Waals surface area contributed by atoms with Crippen molar-refractivity contribution < 1.29 is 14.3 Å². The molecule has 1 saturated heterocycles. The number of thiazole rings is 1. The van der Waals surface area contributed by atoms with Gasteiger partial charge in [0.25, 0.3) is 0 Å². The number of carbonyl (C=O) groups excluding carboxylic acids is 1. The van der Waals surface area contributed by atoms with E-state index in [9.17, 15) is 4.79 Å². The number of ether oxygens (including phenoxy) is 2. The van der Waals surface area contributed by atoms with Crippen LogP contribution >= 0.6 is 23.7 Å². The summed E-state index contributed by atoms with van der Waals surface area (Å²) in [7, 11) is 3.24. The first-order valence-corrected chi connectivity index (χ1v) is 8.78. The Morgan fingerprint density at radius 3 is 2.92 bits per heavy atom. The lowest BCUT2D eigenvalue weighted by molar-refractivity contribution is -0.116. The summed E-state index contributed by atoms with van der Waals surface area (Å²) < 4.78 is 10.7. The molecule has 2 heterocycles. The third-order valence-electron chi connectivity index (χ3n) is 4.03. The van der Waals surface area contributed by atoms with E-state index in [4.69, 9.17) is 9.47 Å². The first-order valence-electron chi connectivity index (χ1n) is 7.90. The monoisotopic (exact) mass is 383 g/mol. The number of halogens is 1. The summed E-state index contributed by atoms with van der Waals surface area (Å²) in [5.41, 5.74) is 1.59. The van der Waals surface area contributed by atoms with E-state index < -0.39 is 0 Å². The molecule has 0 bridgehead atoms.